The van der Waals surface area contributed by atoms with Crippen molar-refractivity contribution in [1.29, 1.82) is 0 Å². The van der Waals surface area contributed by atoms with Crippen LogP contribution in [0, 0.1) is 11.8 Å². The Labute approximate surface area is 204 Å². The van der Waals surface area contributed by atoms with Crippen LogP contribution in [0.2, 0.25) is 10.0 Å². The van der Waals surface area contributed by atoms with Crippen LogP contribution in [0.15, 0.2) is 36.4 Å². The molecule has 0 spiro atoms. The number of carbonyl (C=O) groups is 2. The van der Waals surface area contributed by atoms with Crippen molar-refractivity contribution in [1.82, 2.24) is 10.2 Å². The summed E-state index contributed by atoms with van der Waals surface area (Å²) in [5.41, 5.74) is 1.82. The Morgan fingerprint density at radius 2 is 1.85 bits per heavy atom. The molecular formula is C25H29Cl2N3O3. The quantitative estimate of drug-likeness (QED) is 0.542. The summed E-state index contributed by atoms with van der Waals surface area (Å²) in [7, 11) is 1.53. The molecule has 2 aromatic carbocycles. The first-order valence-electron chi connectivity index (χ1n) is 11.4. The van der Waals surface area contributed by atoms with E-state index in [-0.39, 0.29) is 18.5 Å². The molecule has 0 aromatic heterocycles. The smallest absolute Gasteiger partial charge is 0.319 e. The number of nitrogens with zero attached hydrogens (tertiary/aromatic N) is 1. The monoisotopic (exact) mass is 489 g/mol. The summed E-state index contributed by atoms with van der Waals surface area (Å²) in [4.78, 5) is 27.5. The number of hydrogen-bond acceptors (Lipinski definition) is 3. The molecule has 0 unspecified atom stereocenters. The Kier molecular flexibility index (Phi) is 7.66. The second-order valence-corrected chi connectivity index (χ2v) is 9.65. The number of amides is 3. The predicted molar refractivity (Wildman–Crippen MR) is 131 cm³/mol. The fourth-order valence-electron chi connectivity index (χ4n) is 4.92. The highest BCUT2D eigenvalue weighted by Gasteiger charge is 2.33. The third-order valence-corrected chi connectivity index (χ3v) is 7.31. The normalized spacial score (nSPS) is 20.0. The van der Waals surface area contributed by atoms with Crippen LogP contribution >= 0.6 is 23.2 Å². The summed E-state index contributed by atoms with van der Waals surface area (Å²) in [5, 5.41) is 6.57. The first-order valence-corrected chi connectivity index (χ1v) is 12.2. The summed E-state index contributed by atoms with van der Waals surface area (Å²) in [6, 6.07) is 9.86. The molecular weight excluding hydrogens is 461 g/mol. The Morgan fingerprint density at radius 1 is 1.06 bits per heavy atom. The van der Waals surface area contributed by atoms with Gasteiger partial charge in [-0.3, -0.25) is 4.79 Å². The van der Waals surface area contributed by atoms with Crippen LogP contribution in [0.3, 0.4) is 0 Å². The van der Waals surface area contributed by atoms with Crippen molar-refractivity contribution in [3.63, 3.8) is 0 Å². The molecule has 8 heteroatoms. The molecule has 6 nitrogen and oxygen atoms in total. The Morgan fingerprint density at radius 3 is 2.61 bits per heavy atom. The zero-order valence-corrected chi connectivity index (χ0v) is 20.2. The maximum atomic E-state index is 13.2. The molecule has 2 atom stereocenters. The number of anilines is 1. The van der Waals surface area contributed by atoms with Crippen LogP contribution in [0.25, 0.3) is 0 Å². The topological polar surface area (TPSA) is 70.7 Å². The molecule has 0 radical (unpaired) electrons. The molecule has 33 heavy (non-hydrogen) atoms. The van der Waals surface area contributed by atoms with Crippen molar-refractivity contribution in [2.24, 2.45) is 11.8 Å². The van der Waals surface area contributed by atoms with Gasteiger partial charge in [-0.1, -0.05) is 48.5 Å². The van der Waals surface area contributed by atoms with E-state index < -0.39 is 0 Å². The van der Waals surface area contributed by atoms with Gasteiger partial charge in [0.1, 0.15) is 5.75 Å². The molecule has 3 amide bonds. The fourth-order valence-corrected chi connectivity index (χ4v) is 5.39. The van der Waals surface area contributed by atoms with Crippen molar-refractivity contribution in [2.75, 3.05) is 25.5 Å². The summed E-state index contributed by atoms with van der Waals surface area (Å²) in [6.07, 6.45) is 6.17. The van der Waals surface area contributed by atoms with Gasteiger partial charge in [-0.05, 0) is 54.5 Å². The van der Waals surface area contributed by atoms with E-state index in [1.807, 2.05) is 4.90 Å². The third-order valence-electron chi connectivity index (χ3n) is 6.72. The lowest BCUT2D eigenvalue weighted by Gasteiger charge is -2.41. The highest BCUT2D eigenvalue weighted by molar-refractivity contribution is 6.35. The van der Waals surface area contributed by atoms with Gasteiger partial charge in [0.05, 0.1) is 12.7 Å². The molecule has 4 rings (SSSR count). The number of methoxy groups -OCH3 is 1. The van der Waals surface area contributed by atoms with E-state index >= 15 is 0 Å². The second-order valence-electron chi connectivity index (χ2n) is 8.80. The maximum Gasteiger partial charge on any atom is 0.319 e. The average Bonchev–Trinajstić information content (AvgIpc) is 2.82. The molecule has 1 saturated carbocycles. The molecule has 0 bridgehead atoms. The lowest BCUT2D eigenvalue weighted by Crippen LogP contribution is -2.44. The highest BCUT2D eigenvalue weighted by Crippen LogP contribution is 2.37. The van der Waals surface area contributed by atoms with Gasteiger partial charge in [0.15, 0.2) is 0 Å². The zero-order valence-electron chi connectivity index (χ0n) is 18.7. The first-order chi connectivity index (χ1) is 15.9. The highest BCUT2D eigenvalue weighted by atomic mass is 35.5. The largest absolute Gasteiger partial charge is 0.496 e. The predicted octanol–water partition coefficient (Wildman–Crippen LogP) is 5.98. The third kappa shape index (κ3) is 5.74. The van der Waals surface area contributed by atoms with E-state index in [9.17, 15) is 9.59 Å². The lowest BCUT2D eigenvalue weighted by atomic mass is 9.75. The Balaban J connectivity index is 1.38. The fraction of sp³-hybridized carbons (Fsp3) is 0.440. The van der Waals surface area contributed by atoms with Gasteiger partial charge in [-0.15, -0.1) is 0 Å². The van der Waals surface area contributed by atoms with E-state index in [1.54, 1.807) is 36.4 Å². The van der Waals surface area contributed by atoms with Crippen LogP contribution in [-0.2, 0) is 6.54 Å². The summed E-state index contributed by atoms with van der Waals surface area (Å²) in [6.45, 7) is 1.87. The van der Waals surface area contributed by atoms with Gasteiger partial charge < -0.3 is 20.3 Å². The summed E-state index contributed by atoms with van der Waals surface area (Å²) in [5.74, 6) is 1.81. The van der Waals surface area contributed by atoms with E-state index in [1.165, 1.54) is 32.8 Å². The minimum Gasteiger partial charge on any atom is -0.496 e. The Bertz CT molecular complexity index is 1030. The molecule has 1 heterocycles. The number of rotatable bonds is 5. The number of urea groups is 1. The molecule has 1 saturated heterocycles. The Hall–Kier alpha value is -2.44. The molecule has 2 aliphatic rings. The number of hydrogen-bond donors (Lipinski definition) is 2. The van der Waals surface area contributed by atoms with Crippen molar-refractivity contribution in [2.45, 2.75) is 38.6 Å². The first kappa shape index (κ1) is 23.7. The maximum absolute atomic E-state index is 13.2. The number of likely N-dealkylation sites (tertiary alicyclic amines) is 1. The molecule has 176 valence electrons. The molecule has 1 aliphatic heterocycles. The van der Waals surface area contributed by atoms with E-state index in [0.717, 1.165) is 31.0 Å². The molecule has 2 N–H and O–H groups in total. The minimum atomic E-state index is -0.387. The summed E-state index contributed by atoms with van der Waals surface area (Å²) < 4.78 is 5.49. The van der Waals surface area contributed by atoms with Crippen molar-refractivity contribution in [3.8, 4) is 5.75 Å². The van der Waals surface area contributed by atoms with Crippen LogP contribution in [-0.4, -0.2) is 37.0 Å². The van der Waals surface area contributed by atoms with Crippen LogP contribution in [0.5, 0.6) is 5.75 Å². The van der Waals surface area contributed by atoms with Crippen LogP contribution < -0.4 is 15.4 Å². The van der Waals surface area contributed by atoms with Crippen LogP contribution in [0.1, 0.15) is 48.0 Å². The number of carbonyl (C=O) groups excluding carboxylic acids is 2. The van der Waals surface area contributed by atoms with E-state index in [2.05, 4.69) is 10.6 Å². The van der Waals surface area contributed by atoms with E-state index in [0.29, 0.717) is 33.0 Å². The van der Waals surface area contributed by atoms with Gasteiger partial charge >= 0.3 is 6.03 Å². The van der Waals surface area contributed by atoms with Gasteiger partial charge in [0, 0.05) is 41.4 Å². The van der Waals surface area contributed by atoms with Crippen molar-refractivity contribution < 1.29 is 14.3 Å². The van der Waals surface area contributed by atoms with Gasteiger partial charge in [-0.2, -0.15) is 0 Å². The zero-order chi connectivity index (χ0) is 23.4. The lowest BCUT2D eigenvalue weighted by molar-refractivity contribution is 0.0518. The number of ether oxygens (including phenoxy) is 1. The van der Waals surface area contributed by atoms with Crippen molar-refractivity contribution >= 4 is 40.8 Å². The van der Waals surface area contributed by atoms with Gasteiger partial charge in [0.2, 0.25) is 0 Å². The number of fused-ring (bicyclic) bond motifs is 1. The standard InChI is InChI=1S/C25H29Cl2N3O3/c1-33-23-13-20(29-25(32)28-14-17-6-7-19(26)12-22(17)27)8-9-21(23)24(31)30-11-10-16-4-2-3-5-18(16)15-30/h6-9,12-13,16,18H,2-5,10-11,14-15H2,1H3,(H2,28,29,32)/t16-,18+/m1/s1. The molecule has 1 aliphatic carbocycles. The number of halogens is 2. The number of benzene rings is 2. The van der Waals surface area contributed by atoms with Crippen molar-refractivity contribution in [3.05, 3.63) is 57.6 Å². The summed E-state index contributed by atoms with van der Waals surface area (Å²) >= 11 is 12.1. The molecule has 2 fully saturated rings. The molecule has 2 aromatic rings. The number of piperidine rings is 1. The van der Waals surface area contributed by atoms with E-state index in [4.69, 9.17) is 27.9 Å². The second kappa shape index (κ2) is 10.7. The SMILES string of the molecule is COc1cc(NC(=O)NCc2ccc(Cl)cc2Cl)ccc1C(=O)N1CC[C@H]2CCCC[C@H]2C1. The number of nitrogens with one attached hydrogen (secondary N) is 2. The van der Waals surface area contributed by atoms with Gasteiger partial charge in [-0.25, -0.2) is 4.79 Å². The minimum absolute atomic E-state index is 0.00995. The average molecular weight is 490 g/mol. The van der Waals surface area contributed by atoms with Gasteiger partial charge in [0.25, 0.3) is 5.91 Å². The van der Waals surface area contributed by atoms with Crippen LogP contribution in [0.4, 0.5) is 10.5 Å².